The summed E-state index contributed by atoms with van der Waals surface area (Å²) in [6, 6.07) is 2.17. The smallest absolute Gasteiger partial charge is 0.417 e. The summed E-state index contributed by atoms with van der Waals surface area (Å²) in [5.41, 5.74) is -6.34. The lowest BCUT2D eigenvalue weighted by Crippen LogP contribution is -2.51. The zero-order valence-electron chi connectivity index (χ0n) is 23.0. The van der Waals surface area contributed by atoms with Crippen LogP contribution in [0.25, 0.3) is 22.2 Å². The number of piperazine rings is 1. The first-order valence-electron chi connectivity index (χ1n) is 14.5. The second-order valence-corrected chi connectivity index (χ2v) is 12.0. The van der Waals surface area contributed by atoms with E-state index >= 15 is 4.39 Å². The molecule has 7 rings (SSSR count). The number of anilines is 1. The Bertz CT molecular complexity index is 1540. The Balaban J connectivity index is 1.36. The number of rotatable bonds is 5. The number of halogens is 7. The van der Waals surface area contributed by atoms with Crippen LogP contribution in [0.5, 0.6) is 6.01 Å². The molecule has 2 aromatic heterocycles. The largest absolute Gasteiger partial charge is 0.461 e. The van der Waals surface area contributed by atoms with E-state index in [0.29, 0.717) is 25.0 Å². The van der Waals surface area contributed by atoms with E-state index in [1.807, 2.05) is 4.90 Å². The molecular formula is C29H29F7N6O. The predicted octanol–water partition coefficient (Wildman–Crippen LogP) is 5.82. The SMILES string of the molecule is Fc1c(-c2cccc(C(F)(F)F)c2C(F)(F)F)ncc2c(N3C[C@H]4CC[C@@H](C3)N4)nc(OCC34CCCN3CCC4)nc12. The van der Waals surface area contributed by atoms with Gasteiger partial charge < -0.3 is 15.0 Å². The first kappa shape index (κ1) is 28.5. The Labute approximate surface area is 242 Å². The molecule has 14 heteroatoms. The van der Waals surface area contributed by atoms with Gasteiger partial charge in [0.1, 0.15) is 23.6 Å². The molecular weight excluding hydrogens is 581 g/mol. The standard InChI is InChI=1S/C29H29F7N6O/c30-22-23(18-4-1-5-20(28(31,32)33)21(18)29(34,35)36)37-12-19-24(22)39-26(43-15-27-8-2-10-42(27)11-3-9-27)40-25(19)41-13-16-6-7-17(14-41)38-16/h1,4-5,12,16-17,38H,2-3,6-11,13-15H2/t16-,17+. The van der Waals surface area contributed by atoms with Gasteiger partial charge in [-0.1, -0.05) is 12.1 Å². The van der Waals surface area contributed by atoms with E-state index in [9.17, 15) is 26.3 Å². The Morgan fingerprint density at radius 2 is 1.65 bits per heavy atom. The van der Waals surface area contributed by atoms with Crippen molar-refractivity contribution >= 4 is 16.7 Å². The van der Waals surface area contributed by atoms with Gasteiger partial charge in [0.25, 0.3) is 0 Å². The molecule has 4 aliphatic heterocycles. The van der Waals surface area contributed by atoms with Crippen molar-refractivity contribution in [3.05, 3.63) is 41.3 Å². The minimum atomic E-state index is -5.43. The third-order valence-corrected chi connectivity index (χ3v) is 9.35. The van der Waals surface area contributed by atoms with Gasteiger partial charge in [-0.25, -0.2) is 4.39 Å². The molecule has 2 atom stereocenters. The quantitative estimate of drug-likeness (QED) is 0.366. The maximum atomic E-state index is 16.3. The lowest BCUT2D eigenvalue weighted by atomic mass is 9.95. The molecule has 230 valence electrons. The second kappa shape index (κ2) is 10.1. The van der Waals surface area contributed by atoms with Crippen LogP contribution in [0.15, 0.2) is 24.4 Å². The Morgan fingerprint density at radius 1 is 0.953 bits per heavy atom. The van der Waals surface area contributed by atoms with E-state index in [1.165, 1.54) is 0 Å². The molecule has 4 saturated heterocycles. The zero-order chi connectivity index (χ0) is 30.1. The number of aromatic nitrogens is 3. The summed E-state index contributed by atoms with van der Waals surface area (Å²) in [5, 5.41) is 3.66. The number of nitrogens with one attached hydrogen (secondary N) is 1. The molecule has 0 radical (unpaired) electrons. The monoisotopic (exact) mass is 610 g/mol. The summed E-state index contributed by atoms with van der Waals surface area (Å²) in [6.07, 6.45) is -3.76. The fraction of sp³-hybridized carbons (Fsp3) is 0.552. The number of hydrogen-bond acceptors (Lipinski definition) is 7. The van der Waals surface area contributed by atoms with Crippen LogP contribution in [-0.4, -0.2) is 70.3 Å². The van der Waals surface area contributed by atoms with Crippen molar-refractivity contribution < 1.29 is 35.5 Å². The molecule has 0 unspecified atom stereocenters. The molecule has 6 heterocycles. The van der Waals surface area contributed by atoms with Crippen molar-refractivity contribution in [2.45, 2.75) is 68.5 Å². The fourth-order valence-electron chi connectivity index (χ4n) is 7.44. The van der Waals surface area contributed by atoms with Gasteiger partial charge in [-0.15, -0.1) is 0 Å². The van der Waals surface area contributed by atoms with E-state index in [2.05, 4.69) is 25.2 Å². The zero-order valence-corrected chi connectivity index (χ0v) is 23.0. The van der Waals surface area contributed by atoms with Crippen LogP contribution < -0.4 is 15.0 Å². The summed E-state index contributed by atoms with van der Waals surface area (Å²) in [7, 11) is 0. The second-order valence-electron chi connectivity index (χ2n) is 12.0. The minimum Gasteiger partial charge on any atom is -0.461 e. The average molecular weight is 611 g/mol. The van der Waals surface area contributed by atoms with Crippen LogP contribution in [0.3, 0.4) is 0 Å². The van der Waals surface area contributed by atoms with E-state index in [4.69, 9.17) is 4.74 Å². The number of fused-ring (bicyclic) bond motifs is 4. The van der Waals surface area contributed by atoms with Gasteiger partial charge in [0, 0.05) is 36.9 Å². The van der Waals surface area contributed by atoms with Crippen molar-refractivity contribution in [1.29, 1.82) is 0 Å². The maximum Gasteiger partial charge on any atom is 0.417 e. The molecule has 4 aliphatic rings. The highest BCUT2D eigenvalue weighted by atomic mass is 19.4. The Morgan fingerprint density at radius 3 is 2.30 bits per heavy atom. The van der Waals surface area contributed by atoms with Gasteiger partial charge in [-0.05, 0) is 57.7 Å². The molecule has 3 aromatic rings. The van der Waals surface area contributed by atoms with Crippen LogP contribution in [0.1, 0.15) is 49.7 Å². The molecule has 1 N–H and O–H groups in total. The van der Waals surface area contributed by atoms with Gasteiger partial charge >= 0.3 is 18.4 Å². The summed E-state index contributed by atoms with van der Waals surface area (Å²) >= 11 is 0. The van der Waals surface area contributed by atoms with Crippen molar-refractivity contribution in [2.75, 3.05) is 37.7 Å². The Kier molecular flexibility index (Phi) is 6.73. The summed E-state index contributed by atoms with van der Waals surface area (Å²) in [5.74, 6) is -0.931. The Hall–Kier alpha value is -3.26. The molecule has 2 bridgehead atoms. The third-order valence-electron chi connectivity index (χ3n) is 9.35. The molecule has 4 fully saturated rings. The van der Waals surface area contributed by atoms with Crippen molar-refractivity contribution in [3.63, 3.8) is 0 Å². The van der Waals surface area contributed by atoms with Crippen LogP contribution in [0.2, 0.25) is 0 Å². The van der Waals surface area contributed by atoms with E-state index < -0.39 is 40.6 Å². The molecule has 7 nitrogen and oxygen atoms in total. The third kappa shape index (κ3) is 4.95. The highest BCUT2D eigenvalue weighted by Crippen LogP contribution is 2.46. The van der Waals surface area contributed by atoms with Gasteiger partial charge in [-0.2, -0.15) is 36.3 Å². The van der Waals surface area contributed by atoms with Gasteiger partial charge in [-0.3, -0.25) is 9.88 Å². The lowest BCUT2D eigenvalue weighted by Gasteiger charge is -2.34. The van der Waals surface area contributed by atoms with Crippen LogP contribution in [-0.2, 0) is 12.4 Å². The highest BCUT2D eigenvalue weighted by Gasteiger charge is 2.47. The lowest BCUT2D eigenvalue weighted by molar-refractivity contribution is -0.161. The first-order chi connectivity index (χ1) is 20.4. The molecule has 43 heavy (non-hydrogen) atoms. The van der Waals surface area contributed by atoms with E-state index in [-0.39, 0.29) is 41.1 Å². The number of nitrogens with zero attached hydrogens (tertiary/aromatic N) is 5. The fourth-order valence-corrected chi connectivity index (χ4v) is 7.44. The number of benzene rings is 1. The molecule has 0 aliphatic carbocycles. The predicted molar refractivity (Wildman–Crippen MR) is 143 cm³/mol. The molecule has 1 aromatic carbocycles. The highest BCUT2D eigenvalue weighted by molar-refractivity contribution is 5.92. The topological polar surface area (TPSA) is 66.4 Å². The van der Waals surface area contributed by atoms with Crippen LogP contribution >= 0.6 is 0 Å². The first-order valence-corrected chi connectivity index (χ1v) is 14.5. The summed E-state index contributed by atoms with van der Waals surface area (Å²) < 4.78 is 106. The van der Waals surface area contributed by atoms with E-state index in [1.54, 1.807) is 0 Å². The molecule has 0 spiro atoms. The maximum absolute atomic E-state index is 16.3. The van der Waals surface area contributed by atoms with Crippen LogP contribution in [0, 0.1) is 5.82 Å². The van der Waals surface area contributed by atoms with Crippen LogP contribution in [0.4, 0.5) is 36.6 Å². The summed E-state index contributed by atoms with van der Waals surface area (Å²) in [6.45, 7) is 3.32. The number of pyridine rings is 1. The van der Waals surface area contributed by atoms with Crippen molar-refractivity contribution in [1.82, 2.24) is 25.2 Å². The van der Waals surface area contributed by atoms with Gasteiger partial charge in [0.15, 0.2) is 5.82 Å². The van der Waals surface area contributed by atoms with Crippen molar-refractivity contribution in [2.24, 2.45) is 0 Å². The number of alkyl halides is 6. The molecule has 0 amide bonds. The average Bonchev–Trinajstić information content (AvgIpc) is 3.64. The summed E-state index contributed by atoms with van der Waals surface area (Å²) in [4.78, 5) is 17.2. The van der Waals surface area contributed by atoms with Gasteiger partial charge in [0.05, 0.1) is 22.1 Å². The number of hydrogen-bond donors (Lipinski definition) is 1. The number of ether oxygens (including phenoxy) is 1. The van der Waals surface area contributed by atoms with E-state index in [0.717, 1.165) is 69.9 Å². The minimum absolute atomic E-state index is 0.127. The van der Waals surface area contributed by atoms with Crippen molar-refractivity contribution in [3.8, 4) is 17.3 Å². The normalized spacial score (nSPS) is 23.7. The van der Waals surface area contributed by atoms with Gasteiger partial charge in [0.2, 0.25) is 0 Å². The molecule has 0 saturated carbocycles.